The summed E-state index contributed by atoms with van der Waals surface area (Å²) in [5.74, 6) is 1.09. The minimum atomic E-state index is 0.824. The summed E-state index contributed by atoms with van der Waals surface area (Å²) < 4.78 is 5.80. The highest BCUT2D eigenvalue weighted by atomic mass is 79.9. The molecule has 0 heterocycles. The fraction of sp³-hybridized carbons (Fsp3) is 0.667. The zero-order chi connectivity index (χ0) is 14.5. The van der Waals surface area contributed by atoms with Crippen molar-refractivity contribution in [2.24, 2.45) is 0 Å². The molecular weight excluding hydrogens is 312 g/mol. The predicted molar refractivity (Wildman–Crippen MR) is 92.0 cm³/mol. The Kier molecular flexibility index (Phi) is 10.8. The van der Waals surface area contributed by atoms with Gasteiger partial charge in [0.2, 0.25) is 0 Å². The number of ether oxygens (including phenoxy) is 1. The van der Waals surface area contributed by atoms with Crippen LogP contribution in [-0.2, 0) is 6.42 Å². The summed E-state index contributed by atoms with van der Waals surface area (Å²) in [5, 5.41) is 1.15. The third kappa shape index (κ3) is 7.94. The Morgan fingerprint density at radius 3 is 2.25 bits per heavy atom. The van der Waals surface area contributed by atoms with E-state index in [1.165, 1.54) is 50.5 Å². The van der Waals surface area contributed by atoms with E-state index in [2.05, 4.69) is 47.1 Å². The van der Waals surface area contributed by atoms with E-state index in [9.17, 15) is 0 Å². The molecule has 0 bridgehead atoms. The normalized spacial score (nSPS) is 10.7. The van der Waals surface area contributed by atoms with Crippen LogP contribution in [0, 0.1) is 0 Å². The number of benzene rings is 1. The lowest BCUT2D eigenvalue weighted by molar-refractivity contribution is 0.314. The highest BCUT2D eigenvalue weighted by molar-refractivity contribution is 9.09. The largest absolute Gasteiger partial charge is 0.493 e. The zero-order valence-corrected chi connectivity index (χ0v) is 14.5. The summed E-state index contributed by atoms with van der Waals surface area (Å²) in [6.07, 6.45) is 11.7. The van der Waals surface area contributed by atoms with Crippen molar-refractivity contribution in [1.29, 1.82) is 0 Å². The fourth-order valence-electron chi connectivity index (χ4n) is 2.36. The standard InChI is InChI=1S/C18H29BrO/c1-2-16-20-18-14-10-9-13-17(18)12-8-6-4-3-5-7-11-15-19/h9-10,13-14H,2-8,11-12,15-16H2,1H3. The molecule has 0 saturated heterocycles. The van der Waals surface area contributed by atoms with Crippen LogP contribution in [-0.4, -0.2) is 11.9 Å². The van der Waals surface area contributed by atoms with Gasteiger partial charge in [-0.15, -0.1) is 0 Å². The number of alkyl halides is 1. The van der Waals surface area contributed by atoms with Crippen LogP contribution >= 0.6 is 15.9 Å². The van der Waals surface area contributed by atoms with Crippen molar-refractivity contribution in [1.82, 2.24) is 0 Å². The Labute approximate surface area is 133 Å². The Hall–Kier alpha value is -0.500. The summed E-state index contributed by atoms with van der Waals surface area (Å²) in [5.41, 5.74) is 1.38. The quantitative estimate of drug-likeness (QED) is 0.327. The minimum Gasteiger partial charge on any atom is -0.493 e. The van der Waals surface area contributed by atoms with Gasteiger partial charge < -0.3 is 4.74 Å². The van der Waals surface area contributed by atoms with Gasteiger partial charge in [0.1, 0.15) is 5.75 Å². The lowest BCUT2D eigenvalue weighted by Crippen LogP contribution is -1.99. The van der Waals surface area contributed by atoms with Gasteiger partial charge in [0.15, 0.2) is 0 Å². The first-order valence-electron chi connectivity index (χ1n) is 8.15. The highest BCUT2D eigenvalue weighted by Gasteiger charge is 2.02. The molecule has 0 spiro atoms. The van der Waals surface area contributed by atoms with Gasteiger partial charge in [-0.1, -0.05) is 73.2 Å². The van der Waals surface area contributed by atoms with E-state index in [-0.39, 0.29) is 0 Å². The Balaban J connectivity index is 2.15. The third-order valence-electron chi connectivity index (χ3n) is 3.51. The fourth-order valence-corrected chi connectivity index (χ4v) is 2.75. The van der Waals surface area contributed by atoms with Gasteiger partial charge in [0.05, 0.1) is 6.61 Å². The number of halogens is 1. The van der Waals surface area contributed by atoms with Crippen molar-refractivity contribution in [3.8, 4) is 5.75 Å². The molecule has 1 nitrogen and oxygen atoms in total. The minimum absolute atomic E-state index is 0.824. The molecule has 2 heteroatoms. The molecule has 0 saturated carbocycles. The smallest absolute Gasteiger partial charge is 0.122 e. The molecule has 0 aliphatic carbocycles. The van der Waals surface area contributed by atoms with E-state index in [1.54, 1.807) is 0 Å². The van der Waals surface area contributed by atoms with E-state index in [0.717, 1.165) is 30.5 Å². The van der Waals surface area contributed by atoms with Crippen molar-refractivity contribution in [3.05, 3.63) is 29.8 Å². The summed E-state index contributed by atoms with van der Waals surface area (Å²) in [6.45, 7) is 2.97. The topological polar surface area (TPSA) is 9.23 Å². The summed E-state index contributed by atoms with van der Waals surface area (Å²) >= 11 is 3.48. The molecule has 0 aliphatic heterocycles. The van der Waals surface area contributed by atoms with Crippen LogP contribution in [0.1, 0.15) is 63.9 Å². The van der Waals surface area contributed by atoms with Gasteiger partial charge in [-0.2, -0.15) is 0 Å². The summed E-state index contributed by atoms with van der Waals surface area (Å²) in [4.78, 5) is 0. The van der Waals surface area contributed by atoms with Crippen LogP contribution in [0.4, 0.5) is 0 Å². The maximum atomic E-state index is 5.80. The zero-order valence-electron chi connectivity index (χ0n) is 12.9. The molecule has 0 unspecified atom stereocenters. The molecule has 114 valence electrons. The van der Waals surface area contributed by atoms with E-state index in [0.29, 0.717) is 0 Å². The monoisotopic (exact) mass is 340 g/mol. The molecule has 0 amide bonds. The second kappa shape index (κ2) is 12.3. The van der Waals surface area contributed by atoms with Crippen molar-refractivity contribution in [2.45, 2.75) is 64.7 Å². The Morgan fingerprint density at radius 2 is 1.55 bits per heavy atom. The number of unbranched alkanes of at least 4 members (excludes halogenated alkanes) is 6. The number of hydrogen-bond donors (Lipinski definition) is 0. The molecule has 0 aromatic heterocycles. The third-order valence-corrected chi connectivity index (χ3v) is 4.07. The number of hydrogen-bond acceptors (Lipinski definition) is 1. The second-order valence-corrected chi connectivity index (χ2v) is 6.16. The van der Waals surface area contributed by atoms with Gasteiger partial charge in [-0.05, 0) is 37.3 Å². The lowest BCUT2D eigenvalue weighted by atomic mass is 10.0. The first-order chi connectivity index (χ1) is 9.88. The van der Waals surface area contributed by atoms with Crippen molar-refractivity contribution >= 4 is 15.9 Å². The van der Waals surface area contributed by atoms with Crippen LogP contribution < -0.4 is 4.74 Å². The molecular formula is C18H29BrO. The van der Waals surface area contributed by atoms with Crippen LogP contribution in [0.15, 0.2) is 24.3 Å². The molecule has 0 N–H and O–H groups in total. The summed E-state index contributed by atoms with van der Waals surface area (Å²) in [6, 6.07) is 8.50. The Bertz CT molecular complexity index is 338. The van der Waals surface area contributed by atoms with E-state index in [1.807, 2.05) is 0 Å². The van der Waals surface area contributed by atoms with Crippen molar-refractivity contribution in [2.75, 3.05) is 11.9 Å². The van der Waals surface area contributed by atoms with Gasteiger partial charge >= 0.3 is 0 Å². The first-order valence-corrected chi connectivity index (χ1v) is 9.27. The molecule has 0 fully saturated rings. The van der Waals surface area contributed by atoms with Gasteiger partial charge in [0, 0.05) is 5.33 Å². The van der Waals surface area contributed by atoms with Crippen LogP contribution in [0.5, 0.6) is 5.75 Å². The maximum absolute atomic E-state index is 5.80. The number of rotatable bonds is 12. The molecule has 1 rings (SSSR count). The average molecular weight is 341 g/mol. The lowest BCUT2D eigenvalue weighted by Gasteiger charge is -2.10. The van der Waals surface area contributed by atoms with Crippen LogP contribution in [0.3, 0.4) is 0 Å². The summed E-state index contributed by atoms with van der Waals surface area (Å²) in [7, 11) is 0. The van der Waals surface area contributed by atoms with E-state index >= 15 is 0 Å². The van der Waals surface area contributed by atoms with Crippen molar-refractivity contribution in [3.63, 3.8) is 0 Å². The van der Waals surface area contributed by atoms with Crippen LogP contribution in [0.2, 0.25) is 0 Å². The maximum Gasteiger partial charge on any atom is 0.122 e. The van der Waals surface area contributed by atoms with E-state index < -0.39 is 0 Å². The molecule has 1 aromatic rings. The SMILES string of the molecule is CCCOc1ccccc1CCCCCCCCCBr. The average Bonchev–Trinajstić information content (AvgIpc) is 2.49. The second-order valence-electron chi connectivity index (χ2n) is 5.37. The van der Waals surface area contributed by atoms with Crippen LogP contribution in [0.25, 0.3) is 0 Å². The number of para-hydroxylation sites is 1. The van der Waals surface area contributed by atoms with Gasteiger partial charge in [0.25, 0.3) is 0 Å². The Morgan fingerprint density at radius 1 is 0.900 bits per heavy atom. The molecule has 0 atom stereocenters. The highest BCUT2D eigenvalue weighted by Crippen LogP contribution is 2.21. The molecule has 1 aromatic carbocycles. The number of aryl methyl sites for hydroxylation is 1. The first kappa shape index (κ1) is 17.6. The van der Waals surface area contributed by atoms with Gasteiger partial charge in [-0.25, -0.2) is 0 Å². The predicted octanol–water partition coefficient (Wildman–Crippen LogP) is 6.14. The molecule has 0 radical (unpaired) electrons. The molecule has 0 aliphatic rings. The van der Waals surface area contributed by atoms with Gasteiger partial charge in [-0.3, -0.25) is 0 Å². The molecule has 20 heavy (non-hydrogen) atoms. The van der Waals surface area contributed by atoms with Crippen molar-refractivity contribution < 1.29 is 4.74 Å². The van der Waals surface area contributed by atoms with E-state index in [4.69, 9.17) is 4.74 Å².